The van der Waals surface area contributed by atoms with Crippen LogP contribution in [0.4, 0.5) is 0 Å². The van der Waals surface area contributed by atoms with Gasteiger partial charge in [-0.25, -0.2) is 0 Å². The zero-order chi connectivity index (χ0) is 20.2. The van der Waals surface area contributed by atoms with Gasteiger partial charge in [-0.2, -0.15) is 0 Å². The Balaban J connectivity index is 2.05. The Kier molecular flexibility index (Phi) is 9.05. The molecule has 0 saturated carbocycles. The SMILES string of the molecule is C=CCN(CC(=O)N(CCc1ccccc1)Cc1ccco1)C(=O)CCCC. The van der Waals surface area contributed by atoms with E-state index in [9.17, 15) is 9.59 Å². The fraction of sp³-hybridized carbons (Fsp3) is 0.391. The molecular weight excluding hydrogens is 352 g/mol. The van der Waals surface area contributed by atoms with E-state index in [4.69, 9.17) is 4.42 Å². The lowest BCUT2D eigenvalue weighted by molar-refractivity contribution is -0.140. The molecule has 0 unspecified atom stereocenters. The fourth-order valence-corrected chi connectivity index (χ4v) is 2.95. The molecule has 5 heteroatoms. The van der Waals surface area contributed by atoms with E-state index in [0.29, 0.717) is 26.1 Å². The van der Waals surface area contributed by atoms with Crippen LogP contribution in [0.1, 0.15) is 37.5 Å². The molecule has 5 nitrogen and oxygen atoms in total. The maximum Gasteiger partial charge on any atom is 0.242 e. The third-order valence-electron chi connectivity index (χ3n) is 4.57. The summed E-state index contributed by atoms with van der Waals surface area (Å²) in [5, 5.41) is 0. The van der Waals surface area contributed by atoms with Crippen molar-refractivity contribution < 1.29 is 14.0 Å². The van der Waals surface area contributed by atoms with Gasteiger partial charge in [0.1, 0.15) is 12.3 Å². The quantitative estimate of drug-likeness (QED) is 0.520. The summed E-state index contributed by atoms with van der Waals surface area (Å²) in [6, 6.07) is 13.7. The lowest BCUT2D eigenvalue weighted by atomic mass is 10.1. The summed E-state index contributed by atoms with van der Waals surface area (Å²) in [5.74, 6) is 0.643. The van der Waals surface area contributed by atoms with E-state index in [1.807, 2.05) is 49.4 Å². The fourth-order valence-electron chi connectivity index (χ4n) is 2.95. The van der Waals surface area contributed by atoms with Gasteiger partial charge in [0, 0.05) is 19.5 Å². The average molecular weight is 383 g/mol. The Morgan fingerprint density at radius 2 is 1.86 bits per heavy atom. The van der Waals surface area contributed by atoms with E-state index in [1.165, 1.54) is 5.56 Å². The van der Waals surface area contributed by atoms with Gasteiger partial charge in [0.15, 0.2) is 0 Å². The molecule has 0 N–H and O–H groups in total. The predicted molar refractivity (Wildman–Crippen MR) is 111 cm³/mol. The monoisotopic (exact) mass is 382 g/mol. The summed E-state index contributed by atoms with van der Waals surface area (Å²) in [4.78, 5) is 28.8. The molecular formula is C23H30N2O3. The molecule has 150 valence electrons. The van der Waals surface area contributed by atoms with Crippen molar-refractivity contribution >= 4 is 11.8 Å². The normalized spacial score (nSPS) is 10.5. The van der Waals surface area contributed by atoms with E-state index < -0.39 is 0 Å². The molecule has 1 aromatic heterocycles. The second kappa shape index (κ2) is 11.8. The van der Waals surface area contributed by atoms with Crippen LogP contribution in [-0.4, -0.2) is 41.2 Å². The molecule has 1 heterocycles. The largest absolute Gasteiger partial charge is 0.467 e. The van der Waals surface area contributed by atoms with Gasteiger partial charge in [-0.05, 0) is 30.5 Å². The summed E-state index contributed by atoms with van der Waals surface area (Å²) in [7, 11) is 0. The Labute approximate surface area is 167 Å². The van der Waals surface area contributed by atoms with Crippen LogP contribution >= 0.6 is 0 Å². The number of benzene rings is 1. The minimum atomic E-state index is -0.0842. The van der Waals surface area contributed by atoms with Crippen molar-refractivity contribution in [3.8, 4) is 0 Å². The number of unbranched alkanes of at least 4 members (excludes halogenated alkanes) is 1. The number of carbonyl (C=O) groups excluding carboxylic acids is 2. The summed E-state index contributed by atoms with van der Waals surface area (Å²) in [6.45, 7) is 7.16. The third kappa shape index (κ3) is 7.06. The standard InChI is InChI=1S/C23H30N2O3/c1-3-5-13-22(26)24(15-4-2)19-23(27)25(18-21-12-9-17-28-21)16-14-20-10-7-6-8-11-20/h4,6-12,17H,2-3,5,13-16,18-19H2,1H3. The molecule has 1 aromatic carbocycles. The molecule has 2 amide bonds. The van der Waals surface area contributed by atoms with Crippen LogP contribution in [0.5, 0.6) is 0 Å². The van der Waals surface area contributed by atoms with Crippen LogP contribution in [0.25, 0.3) is 0 Å². The number of hydrogen-bond acceptors (Lipinski definition) is 3. The van der Waals surface area contributed by atoms with E-state index in [-0.39, 0.29) is 18.4 Å². The summed E-state index contributed by atoms with van der Waals surface area (Å²) in [5.41, 5.74) is 1.17. The van der Waals surface area contributed by atoms with Gasteiger partial charge in [-0.1, -0.05) is 49.8 Å². The minimum absolute atomic E-state index is 0.00360. The number of nitrogens with zero attached hydrogens (tertiary/aromatic N) is 2. The Morgan fingerprint density at radius 3 is 2.50 bits per heavy atom. The maximum absolute atomic E-state index is 13.0. The van der Waals surface area contributed by atoms with E-state index in [2.05, 4.69) is 6.58 Å². The first-order valence-electron chi connectivity index (χ1n) is 9.86. The minimum Gasteiger partial charge on any atom is -0.467 e. The smallest absolute Gasteiger partial charge is 0.242 e. The van der Waals surface area contributed by atoms with Crippen molar-refractivity contribution in [3.05, 3.63) is 72.7 Å². The van der Waals surface area contributed by atoms with Crippen molar-refractivity contribution in [2.45, 2.75) is 39.2 Å². The lowest BCUT2D eigenvalue weighted by Crippen LogP contribution is -2.43. The van der Waals surface area contributed by atoms with Crippen LogP contribution in [0.2, 0.25) is 0 Å². The highest BCUT2D eigenvalue weighted by atomic mass is 16.3. The first-order chi connectivity index (χ1) is 13.6. The van der Waals surface area contributed by atoms with Crippen molar-refractivity contribution in [1.29, 1.82) is 0 Å². The molecule has 0 aliphatic heterocycles. The molecule has 0 aliphatic carbocycles. The molecule has 0 spiro atoms. The number of rotatable bonds is 12. The van der Waals surface area contributed by atoms with Gasteiger partial charge >= 0.3 is 0 Å². The maximum atomic E-state index is 13.0. The molecule has 0 radical (unpaired) electrons. The van der Waals surface area contributed by atoms with Crippen LogP contribution in [0.3, 0.4) is 0 Å². The van der Waals surface area contributed by atoms with Crippen molar-refractivity contribution in [3.63, 3.8) is 0 Å². The average Bonchev–Trinajstić information content (AvgIpc) is 3.22. The number of furan rings is 1. The summed E-state index contributed by atoms with van der Waals surface area (Å²) >= 11 is 0. The van der Waals surface area contributed by atoms with Gasteiger partial charge in [-0.15, -0.1) is 6.58 Å². The molecule has 0 saturated heterocycles. The highest BCUT2D eigenvalue weighted by Gasteiger charge is 2.21. The highest BCUT2D eigenvalue weighted by molar-refractivity contribution is 5.85. The molecule has 2 rings (SSSR count). The van der Waals surface area contributed by atoms with Gasteiger partial charge in [0.05, 0.1) is 12.8 Å². The Hall–Kier alpha value is -2.82. The van der Waals surface area contributed by atoms with E-state index in [1.54, 1.807) is 22.1 Å². The number of carbonyl (C=O) groups is 2. The van der Waals surface area contributed by atoms with Crippen molar-refractivity contribution in [1.82, 2.24) is 9.80 Å². The van der Waals surface area contributed by atoms with Gasteiger partial charge in [0.25, 0.3) is 0 Å². The van der Waals surface area contributed by atoms with Gasteiger partial charge in [-0.3, -0.25) is 9.59 Å². The molecule has 0 atom stereocenters. The molecule has 28 heavy (non-hydrogen) atoms. The Morgan fingerprint density at radius 1 is 1.07 bits per heavy atom. The van der Waals surface area contributed by atoms with Crippen LogP contribution in [0.15, 0.2) is 65.8 Å². The lowest BCUT2D eigenvalue weighted by Gasteiger charge is -2.27. The predicted octanol–water partition coefficient (Wildman–Crippen LogP) is 4.06. The number of hydrogen-bond donors (Lipinski definition) is 0. The highest BCUT2D eigenvalue weighted by Crippen LogP contribution is 2.10. The third-order valence-corrected chi connectivity index (χ3v) is 4.57. The van der Waals surface area contributed by atoms with E-state index in [0.717, 1.165) is 25.0 Å². The zero-order valence-corrected chi connectivity index (χ0v) is 16.7. The number of amides is 2. The van der Waals surface area contributed by atoms with Crippen LogP contribution in [-0.2, 0) is 22.6 Å². The van der Waals surface area contributed by atoms with Crippen LogP contribution < -0.4 is 0 Å². The van der Waals surface area contributed by atoms with Crippen LogP contribution in [0, 0.1) is 0 Å². The second-order valence-electron chi connectivity index (χ2n) is 6.80. The van der Waals surface area contributed by atoms with E-state index >= 15 is 0 Å². The first-order valence-corrected chi connectivity index (χ1v) is 9.86. The molecule has 0 aliphatic rings. The molecule has 0 bridgehead atoms. The first kappa shape index (κ1) is 21.5. The zero-order valence-electron chi connectivity index (χ0n) is 16.7. The summed E-state index contributed by atoms with van der Waals surface area (Å²) in [6.07, 6.45) is 6.25. The molecule has 0 fully saturated rings. The van der Waals surface area contributed by atoms with Gasteiger partial charge < -0.3 is 14.2 Å². The van der Waals surface area contributed by atoms with Crippen molar-refractivity contribution in [2.75, 3.05) is 19.6 Å². The van der Waals surface area contributed by atoms with Crippen molar-refractivity contribution in [2.24, 2.45) is 0 Å². The topological polar surface area (TPSA) is 53.8 Å². The summed E-state index contributed by atoms with van der Waals surface area (Å²) < 4.78 is 5.43. The second-order valence-corrected chi connectivity index (χ2v) is 6.80. The van der Waals surface area contributed by atoms with Gasteiger partial charge in [0.2, 0.25) is 11.8 Å². The Bertz CT molecular complexity index is 726. The molecule has 2 aromatic rings.